The Hall–Kier alpha value is -3.57. The quantitative estimate of drug-likeness (QED) is 0.468. The number of carbonyl (C=O) groups excluding carboxylic acids is 2. The van der Waals surface area contributed by atoms with Gasteiger partial charge in [0.05, 0.1) is 4.90 Å². The lowest BCUT2D eigenvalue weighted by atomic mass is 10.2. The Morgan fingerprint density at radius 2 is 1.59 bits per heavy atom. The molecule has 34 heavy (non-hydrogen) atoms. The molecule has 0 N–H and O–H groups in total. The zero-order valence-electron chi connectivity index (χ0n) is 18.8. The molecule has 178 valence electrons. The molecular weight excluding hydrogens is 460 g/mol. The monoisotopic (exact) mass is 484 g/mol. The van der Waals surface area contributed by atoms with Crippen molar-refractivity contribution in [3.05, 3.63) is 71.4 Å². The smallest absolute Gasteiger partial charge is 0.253 e. The van der Waals surface area contributed by atoms with E-state index < -0.39 is 10.0 Å². The second-order valence-corrected chi connectivity index (χ2v) is 9.76. The first kappa shape index (κ1) is 23.6. The summed E-state index contributed by atoms with van der Waals surface area (Å²) in [5.74, 6) is 1.14. The normalized spacial score (nSPS) is 14.7. The fraction of sp³-hybridized carbons (Fsp3) is 0.304. The Balaban J connectivity index is 1.33. The van der Waals surface area contributed by atoms with Crippen molar-refractivity contribution < 1.29 is 27.3 Å². The number of sulfonamides is 1. The molecule has 3 aromatic rings. The summed E-state index contributed by atoms with van der Waals surface area (Å²) in [6.07, 6.45) is 0. The molecule has 4 rings (SSSR count). The van der Waals surface area contributed by atoms with E-state index in [9.17, 15) is 18.0 Å². The van der Waals surface area contributed by atoms with Crippen LogP contribution in [0.4, 0.5) is 0 Å². The van der Waals surface area contributed by atoms with Gasteiger partial charge in [0.25, 0.3) is 5.91 Å². The number of piperazine rings is 1. The van der Waals surface area contributed by atoms with Gasteiger partial charge in [-0.25, -0.2) is 8.42 Å². The third-order valence-corrected chi connectivity index (χ3v) is 7.38. The molecule has 1 aliphatic rings. The number of benzene rings is 2. The molecule has 0 atom stereocenters. The van der Waals surface area contributed by atoms with Gasteiger partial charge in [-0.15, -0.1) is 0 Å². The topological polar surface area (TPSA) is 123 Å². The molecule has 0 bridgehead atoms. The number of amides is 1. The van der Waals surface area contributed by atoms with E-state index >= 15 is 0 Å². The van der Waals surface area contributed by atoms with Gasteiger partial charge >= 0.3 is 0 Å². The van der Waals surface area contributed by atoms with E-state index in [1.165, 1.54) is 35.5 Å². The highest BCUT2D eigenvalue weighted by molar-refractivity contribution is 7.89. The first-order chi connectivity index (χ1) is 16.2. The molecule has 0 unspecified atom stereocenters. The van der Waals surface area contributed by atoms with Crippen molar-refractivity contribution in [3.8, 4) is 5.75 Å². The summed E-state index contributed by atoms with van der Waals surface area (Å²) in [7, 11) is -3.70. The number of aromatic nitrogens is 2. The lowest BCUT2D eigenvalue weighted by Gasteiger charge is -2.34. The zero-order chi connectivity index (χ0) is 24.3. The number of hydrogen-bond acceptors (Lipinski definition) is 8. The molecule has 11 heteroatoms. The Kier molecular flexibility index (Phi) is 6.75. The number of hydrogen-bond donors (Lipinski definition) is 0. The van der Waals surface area contributed by atoms with Crippen LogP contribution in [0.5, 0.6) is 5.75 Å². The van der Waals surface area contributed by atoms with Gasteiger partial charge < -0.3 is 14.2 Å². The zero-order valence-corrected chi connectivity index (χ0v) is 19.6. The molecule has 1 aromatic heterocycles. The van der Waals surface area contributed by atoms with E-state index in [0.717, 1.165) is 0 Å². The number of aryl methyl sites for hydroxylation is 1. The van der Waals surface area contributed by atoms with Gasteiger partial charge in [-0.3, -0.25) is 9.59 Å². The van der Waals surface area contributed by atoms with Gasteiger partial charge in [0, 0.05) is 44.2 Å². The van der Waals surface area contributed by atoms with Gasteiger partial charge in [0.1, 0.15) is 5.75 Å². The highest BCUT2D eigenvalue weighted by Gasteiger charge is 2.30. The fourth-order valence-electron chi connectivity index (χ4n) is 3.57. The molecule has 1 aliphatic heterocycles. The molecule has 2 heterocycles. The number of rotatable bonds is 7. The van der Waals surface area contributed by atoms with Crippen LogP contribution in [-0.2, 0) is 16.6 Å². The molecule has 0 spiro atoms. The van der Waals surface area contributed by atoms with Gasteiger partial charge in [-0.05, 0) is 43.3 Å². The van der Waals surface area contributed by atoms with Crippen molar-refractivity contribution in [1.29, 1.82) is 0 Å². The van der Waals surface area contributed by atoms with Crippen LogP contribution < -0.4 is 4.74 Å². The maximum absolute atomic E-state index is 12.9. The van der Waals surface area contributed by atoms with Crippen molar-refractivity contribution in [2.75, 3.05) is 26.2 Å². The molecule has 0 radical (unpaired) electrons. The highest BCUT2D eigenvalue weighted by atomic mass is 32.2. The minimum atomic E-state index is -3.70. The van der Waals surface area contributed by atoms with Crippen LogP contribution in [0.3, 0.4) is 0 Å². The summed E-state index contributed by atoms with van der Waals surface area (Å²) in [6, 6.07) is 12.6. The first-order valence-electron chi connectivity index (χ1n) is 10.7. The van der Waals surface area contributed by atoms with Crippen molar-refractivity contribution in [3.63, 3.8) is 0 Å². The maximum atomic E-state index is 12.9. The Morgan fingerprint density at radius 3 is 2.15 bits per heavy atom. The van der Waals surface area contributed by atoms with Gasteiger partial charge in [0.15, 0.2) is 12.4 Å². The number of Topliss-reactive ketones (excluding diaryl/α,β-unsaturated/α-hetero) is 1. The number of nitrogens with zero attached hydrogens (tertiary/aromatic N) is 4. The van der Waals surface area contributed by atoms with E-state index in [0.29, 0.717) is 28.6 Å². The van der Waals surface area contributed by atoms with Crippen LogP contribution in [-0.4, -0.2) is 65.6 Å². The second kappa shape index (κ2) is 9.74. The number of ether oxygens (including phenoxy) is 1. The third-order valence-electron chi connectivity index (χ3n) is 5.46. The highest BCUT2D eigenvalue weighted by Crippen LogP contribution is 2.20. The van der Waals surface area contributed by atoms with Crippen LogP contribution in [0.25, 0.3) is 0 Å². The average molecular weight is 485 g/mol. The summed E-state index contributed by atoms with van der Waals surface area (Å²) in [4.78, 5) is 30.1. The lowest BCUT2D eigenvalue weighted by Crippen LogP contribution is -2.50. The Morgan fingerprint density at radius 1 is 0.971 bits per heavy atom. The van der Waals surface area contributed by atoms with Crippen LogP contribution in [0.2, 0.25) is 0 Å². The van der Waals surface area contributed by atoms with Gasteiger partial charge in [0.2, 0.25) is 21.7 Å². The maximum Gasteiger partial charge on any atom is 0.253 e. The summed E-state index contributed by atoms with van der Waals surface area (Å²) >= 11 is 0. The van der Waals surface area contributed by atoms with E-state index in [1.54, 1.807) is 36.1 Å². The summed E-state index contributed by atoms with van der Waals surface area (Å²) in [6.45, 7) is 4.20. The molecule has 1 saturated heterocycles. The van der Waals surface area contributed by atoms with Crippen LogP contribution in [0.15, 0.2) is 57.9 Å². The van der Waals surface area contributed by atoms with Gasteiger partial charge in [-0.2, -0.15) is 9.29 Å². The second-order valence-electron chi connectivity index (χ2n) is 7.82. The van der Waals surface area contributed by atoms with E-state index in [1.807, 2.05) is 0 Å². The molecule has 0 saturated carbocycles. The van der Waals surface area contributed by atoms with Crippen LogP contribution in [0, 0.1) is 6.92 Å². The third kappa shape index (κ3) is 5.15. The molecule has 1 fully saturated rings. The minimum Gasteiger partial charge on any atom is -0.485 e. The molecule has 10 nitrogen and oxygen atoms in total. The lowest BCUT2D eigenvalue weighted by molar-refractivity contribution is 0.0697. The summed E-state index contributed by atoms with van der Waals surface area (Å²) in [5.41, 5.74) is 0.939. The van der Waals surface area contributed by atoms with Crippen molar-refractivity contribution in [2.24, 2.45) is 0 Å². The van der Waals surface area contributed by atoms with E-state index in [-0.39, 0.29) is 49.4 Å². The number of ketones is 1. The Bertz CT molecular complexity index is 1280. The van der Waals surface area contributed by atoms with Crippen molar-refractivity contribution >= 4 is 21.7 Å². The predicted octanol–water partition coefficient (Wildman–Crippen LogP) is 2.31. The molecule has 2 aromatic carbocycles. The van der Waals surface area contributed by atoms with E-state index in [4.69, 9.17) is 9.26 Å². The van der Waals surface area contributed by atoms with Crippen LogP contribution in [0.1, 0.15) is 39.4 Å². The molecular formula is C23H24N4O6S. The fourth-order valence-corrected chi connectivity index (χ4v) is 4.99. The van der Waals surface area contributed by atoms with E-state index in [2.05, 4.69) is 10.1 Å². The van der Waals surface area contributed by atoms with Crippen molar-refractivity contribution in [1.82, 2.24) is 19.3 Å². The van der Waals surface area contributed by atoms with Crippen molar-refractivity contribution in [2.45, 2.75) is 25.3 Å². The first-order valence-corrected chi connectivity index (χ1v) is 12.1. The Labute approximate surface area is 197 Å². The standard InChI is InChI=1S/C23H24N4O6S/c1-16(28)18-5-9-21(10-6-18)34(30,31)27-13-11-26(12-14-27)23(29)19-3-7-20(8-4-19)32-15-22-24-17(2)33-25-22/h3-10H,11-15H2,1-2H3. The molecule has 0 aliphatic carbocycles. The molecule has 1 amide bonds. The minimum absolute atomic E-state index is 0.127. The summed E-state index contributed by atoms with van der Waals surface area (Å²) in [5, 5.41) is 3.76. The van der Waals surface area contributed by atoms with Crippen LogP contribution >= 0.6 is 0 Å². The SMILES string of the molecule is CC(=O)c1ccc(S(=O)(=O)N2CCN(C(=O)c3ccc(OCc4noc(C)n4)cc3)CC2)cc1. The predicted molar refractivity (Wildman–Crippen MR) is 121 cm³/mol. The largest absolute Gasteiger partial charge is 0.485 e. The number of carbonyl (C=O) groups is 2. The van der Waals surface area contributed by atoms with Gasteiger partial charge in [-0.1, -0.05) is 17.3 Å². The summed E-state index contributed by atoms with van der Waals surface area (Å²) < 4.78 is 37.7. The average Bonchev–Trinajstić information content (AvgIpc) is 3.27.